The van der Waals surface area contributed by atoms with Gasteiger partial charge in [0, 0.05) is 30.7 Å². The monoisotopic (exact) mass is 466 g/mol. The maximum Gasteiger partial charge on any atom is 0.275 e. The molecule has 5 rings (SSSR count). The number of likely N-dealkylation sites (tertiary alicyclic amines) is 1. The molecule has 0 saturated carbocycles. The van der Waals surface area contributed by atoms with Crippen LogP contribution >= 0.6 is 0 Å². The van der Waals surface area contributed by atoms with Gasteiger partial charge >= 0.3 is 0 Å². The second-order valence-corrected chi connectivity index (χ2v) is 8.68. The fourth-order valence-electron chi connectivity index (χ4n) is 4.35. The average molecular weight is 467 g/mol. The number of hydrogen-bond acceptors (Lipinski definition) is 5. The minimum absolute atomic E-state index is 0.0321. The Labute approximate surface area is 203 Å². The molecule has 0 unspecified atom stereocenters. The van der Waals surface area contributed by atoms with Crippen LogP contribution in [0.3, 0.4) is 0 Å². The second kappa shape index (κ2) is 9.89. The Morgan fingerprint density at radius 2 is 1.97 bits per heavy atom. The second-order valence-electron chi connectivity index (χ2n) is 8.68. The van der Waals surface area contributed by atoms with Gasteiger partial charge in [0.25, 0.3) is 11.8 Å². The van der Waals surface area contributed by atoms with E-state index in [4.69, 9.17) is 0 Å². The zero-order chi connectivity index (χ0) is 24.2. The summed E-state index contributed by atoms with van der Waals surface area (Å²) in [7, 11) is 0. The Hall–Kier alpha value is -4.33. The molecule has 0 aliphatic carbocycles. The van der Waals surface area contributed by atoms with Gasteiger partial charge in [-0.15, -0.1) is 0 Å². The summed E-state index contributed by atoms with van der Waals surface area (Å²) in [6.07, 6.45) is 7.02. The zero-order valence-corrected chi connectivity index (χ0v) is 19.5. The Bertz CT molecular complexity index is 1330. The third-order valence-electron chi connectivity index (χ3n) is 6.09. The molecule has 176 valence electrons. The van der Waals surface area contributed by atoms with Gasteiger partial charge in [-0.3, -0.25) is 14.3 Å². The number of aryl methyl sites for hydroxylation is 1. The Morgan fingerprint density at radius 1 is 1.09 bits per heavy atom. The molecule has 4 heterocycles. The van der Waals surface area contributed by atoms with Gasteiger partial charge in [0.15, 0.2) is 0 Å². The molecule has 8 nitrogen and oxygen atoms in total. The maximum atomic E-state index is 13.5. The highest BCUT2D eigenvalue weighted by molar-refractivity contribution is 6.02. The number of benzene rings is 1. The van der Waals surface area contributed by atoms with Crippen LogP contribution in [0.25, 0.3) is 0 Å². The number of nitrogens with zero attached hydrogens (tertiary/aromatic N) is 5. The van der Waals surface area contributed by atoms with Crippen molar-refractivity contribution in [3.05, 3.63) is 107 Å². The summed E-state index contributed by atoms with van der Waals surface area (Å²) in [6.45, 7) is 3.19. The number of anilines is 1. The first-order valence-electron chi connectivity index (χ1n) is 11.6. The molecule has 0 bridgehead atoms. The summed E-state index contributed by atoms with van der Waals surface area (Å²) in [5.41, 5.74) is 3.68. The SMILES string of the molecule is Cc1ccc(NC(=O)c2cccc([C@H]3CCCN3C(=O)c3cccc(Cn4cccn4)c3)n2)nc1. The molecule has 1 aliphatic heterocycles. The van der Waals surface area contributed by atoms with Crippen molar-refractivity contribution in [1.29, 1.82) is 0 Å². The van der Waals surface area contributed by atoms with Gasteiger partial charge in [0.05, 0.1) is 18.3 Å². The van der Waals surface area contributed by atoms with Crippen LogP contribution < -0.4 is 5.32 Å². The summed E-state index contributed by atoms with van der Waals surface area (Å²) < 4.78 is 1.83. The average Bonchev–Trinajstić information content (AvgIpc) is 3.58. The summed E-state index contributed by atoms with van der Waals surface area (Å²) in [4.78, 5) is 36.9. The minimum atomic E-state index is -0.328. The van der Waals surface area contributed by atoms with E-state index in [9.17, 15) is 9.59 Å². The van der Waals surface area contributed by atoms with Crippen LogP contribution in [0.5, 0.6) is 0 Å². The van der Waals surface area contributed by atoms with E-state index in [1.54, 1.807) is 24.5 Å². The van der Waals surface area contributed by atoms with Crippen LogP contribution in [0.2, 0.25) is 0 Å². The molecular formula is C27H26N6O2. The van der Waals surface area contributed by atoms with E-state index in [-0.39, 0.29) is 17.9 Å². The van der Waals surface area contributed by atoms with Gasteiger partial charge in [-0.1, -0.05) is 24.3 Å². The van der Waals surface area contributed by atoms with Gasteiger partial charge in [0.1, 0.15) is 11.5 Å². The van der Waals surface area contributed by atoms with Gasteiger partial charge in [-0.25, -0.2) is 9.97 Å². The molecular weight excluding hydrogens is 440 g/mol. The first-order valence-corrected chi connectivity index (χ1v) is 11.6. The molecule has 1 N–H and O–H groups in total. The number of carbonyl (C=O) groups is 2. The lowest BCUT2D eigenvalue weighted by Crippen LogP contribution is -2.31. The van der Waals surface area contributed by atoms with Crippen LogP contribution in [-0.4, -0.2) is 43.0 Å². The number of aromatic nitrogens is 4. The van der Waals surface area contributed by atoms with Crippen molar-refractivity contribution in [1.82, 2.24) is 24.6 Å². The zero-order valence-electron chi connectivity index (χ0n) is 19.5. The largest absolute Gasteiger partial charge is 0.330 e. The molecule has 0 radical (unpaired) electrons. The predicted octanol–water partition coefficient (Wildman–Crippen LogP) is 4.26. The number of nitrogens with one attached hydrogen (secondary N) is 1. The summed E-state index contributed by atoms with van der Waals surface area (Å²) >= 11 is 0. The molecule has 2 amide bonds. The van der Waals surface area contributed by atoms with E-state index in [0.29, 0.717) is 35.9 Å². The highest BCUT2D eigenvalue weighted by Gasteiger charge is 2.32. The predicted molar refractivity (Wildman–Crippen MR) is 132 cm³/mol. The molecule has 8 heteroatoms. The van der Waals surface area contributed by atoms with Crippen molar-refractivity contribution in [2.45, 2.75) is 32.4 Å². The van der Waals surface area contributed by atoms with Crippen LogP contribution in [0.1, 0.15) is 56.6 Å². The number of amides is 2. The molecule has 1 aromatic carbocycles. The van der Waals surface area contributed by atoms with Crippen LogP contribution in [0.4, 0.5) is 5.82 Å². The smallest absolute Gasteiger partial charge is 0.275 e. The molecule has 1 aliphatic rings. The molecule has 1 fully saturated rings. The van der Waals surface area contributed by atoms with Gasteiger partial charge in [0.2, 0.25) is 0 Å². The van der Waals surface area contributed by atoms with Crippen LogP contribution in [-0.2, 0) is 6.54 Å². The number of carbonyl (C=O) groups excluding carboxylic acids is 2. The third kappa shape index (κ3) is 5.11. The van der Waals surface area contributed by atoms with Gasteiger partial charge in [-0.05, 0) is 67.3 Å². The normalized spacial score (nSPS) is 15.2. The lowest BCUT2D eigenvalue weighted by molar-refractivity contribution is 0.0732. The standard InChI is InChI=1S/C27H26N6O2/c1-19-11-12-25(28-17-19)31-26(34)23-9-3-8-22(30-23)24-10-4-15-33(24)27(35)21-7-2-6-20(16-21)18-32-14-5-13-29-32/h2-3,5-9,11-14,16-17,24H,4,10,15,18H2,1H3,(H,28,31,34)/t24-/m1/s1. The first kappa shape index (κ1) is 22.5. The van der Waals surface area contributed by atoms with Crippen molar-refractivity contribution in [3.63, 3.8) is 0 Å². The van der Waals surface area contributed by atoms with Crippen molar-refractivity contribution < 1.29 is 9.59 Å². The van der Waals surface area contributed by atoms with E-state index >= 15 is 0 Å². The number of pyridine rings is 2. The molecule has 1 atom stereocenters. The van der Waals surface area contributed by atoms with E-state index < -0.39 is 0 Å². The fraction of sp³-hybridized carbons (Fsp3) is 0.222. The summed E-state index contributed by atoms with van der Waals surface area (Å²) in [5, 5.41) is 7.03. The molecule has 3 aromatic heterocycles. The van der Waals surface area contributed by atoms with Crippen molar-refractivity contribution >= 4 is 17.6 Å². The lowest BCUT2D eigenvalue weighted by atomic mass is 10.1. The summed E-state index contributed by atoms with van der Waals surface area (Å²) in [5.74, 6) is 0.112. The third-order valence-corrected chi connectivity index (χ3v) is 6.09. The quantitative estimate of drug-likeness (QED) is 0.458. The number of hydrogen-bond donors (Lipinski definition) is 1. The number of rotatable bonds is 6. The van der Waals surface area contributed by atoms with E-state index in [0.717, 1.165) is 24.0 Å². The topological polar surface area (TPSA) is 93.0 Å². The molecule has 0 spiro atoms. The van der Waals surface area contributed by atoms with Crippen molar-refractivity contribution in [3.8, 4) is 0 Å². The Balaban J connectivity index is 1.33. The molecule has 1 saturated heterocycles. The highest BCUT2D eigenvalue weighted by Crippen LogP contribution is 2.32. The summed E-state index contributed by atoms with van der Waals surface area (Å²) in [6, 6.07) is 18.4. The van der Waals surface area contributed by atoms with E-state index in [1.165, 1.54) is 0 Å². The highest BCUT2D eigenvalue weighted by atomic mass is 16.2. The van der Waals surface area contributed by atoms with Gasteiger partial charge in [-0.2, -0.15) is 5.10 Å². The fourth-order valence-corrected chi connectivity index (χ4v) is 4.35. The maximum absolute atomic E-state index is 13.5. The lowest BCUT2D eigenvalue weighted by Gasteiger charge is -2.25. The van der Waals surface area contributed by atoms with E-state index in [1.807, 2.05) is 71.2 Å². The first-order chi connectivity index (χ1) is 17.1. The minimum Gasteiger partial charge on any atom is -0.330 e. The van der Waals surface area contributed by atoms with Crippen LogP contribution in [0.15, 0.2) is 79.3 Å². The Kier molecular flexibility index (Phi) is 6.34. The van der Waals surface area contributed by atoms with E-state index in [2.05, 4.69) is 20.4 Å². The van der Waals surface area contributed by atoms with Crippen LogP contribution in [0, 0.1) is 6.92 Å². The molecule has 4 aromatic rings. The van der Waals surface area contributed by atoms with Gasteiger partial charge < -0.3 is 10.2 Å². The Morgan fingerprint density at radius 3 is 2.77 bits per heavy atom. The van der Waals surface area contributed by atoms with Crippen molar-refractivity contribution in [2.75, 3.05) is 11.9 Å². The molecule has 35 heavy (non-hydrogen) atoms. The van der Waals surface area contributed by atoms with Crippen molar-refractivity contribution in [2.24, 2.45) is 0 Å².